The van der Waals surface area contributed by atoms with Crippen molar-refractivity contribution in [2.24, 2.45) is 11.7 Å². The summed E-state index contributed by atoms with van der Waals surface area (Å²) in [5.74, 6) is 1.50. The second kappa shape index (κ2) is 9.66. The molecule has 0 aromatic heterocycles. The van der Waals surface area contributed by atoms with Gasteiger partial charge in [0.15, 0.2) is 5.78 Å². The molecule has 1 rings (SSSR count). The molecular weight excluding hydrogens is 280 g/mol. The van der Waals surface area contributed by atoms with Crippen molar-refractivity contribution >= 4 is 36.1 Å². The molecule has 0 aliphatic heterocycles. The fourth-order valence-electron chi connectivity index (χ4n) is 2.41. The van der Waals surface area contributed by atoms with Crippen molar-refractivity contribution in [1.82, 2.24) is 5.32 Å². The van der Waals surface area contributed by atoms with Crippen molar-refractivity contribution < 1.29 is 9.59 Å². The summed E-state index contributed by atoms with van der Waals surface area (Å²) in [6.45, 7) is 0. The Bertz CT molecular complexity index is 292. The maximum atomic E-state index is 12.4. The molecule has 4 nitrogen and oxygen atoms in total. The highest BCUT2D eigenvalue weighted by Gasteiger charge is 2.26. The highest BCUT2D eigenvalue weighted by molar-refractivity contribution is 7.99. The third-order valence-electron chi connectivity index (χ3n) is 3.46. The highest BCUT2D eigenvalue weighted by atomic mass is 32.2. The molecule has 6 heteroatoms. The zero-order valence-electron chi connectivity index (χ0n) is 11.3. The van der Waals surface area contributed by atoms with Gasteiger partial charge in [0.1, 0.15) is 0 Å². The molecule has 0 aromatic rings. The van der Waals surface area contributed by atoms with Crippen LogP contribution in [0.4, 0.5) is 0 Å². The Morgan fingerprint density at radius 2 is 1.89 bits per heavy atom. The zero-order valence-corrected chi connectivity index (χ0v) is 13.0. The molecule has 1 fully saturated rings. The lowest BCUT2D eigenvalue weighted by atomic mass is 9.92. The van der Waals surface area contributed by atoms with Gasteiger partial charge in [-0.1, -0.05) is 25.7 Å². The minimum absolute atomic E-state index is 0.188. The van der Waals surface area contributed by atoms with Crippen LogP contribution >= 0.6 is 24.4 Å². The van der Waals surface area contributed by atoms with E-state index in [0.29, 0.717) is 11.6 Å². The molecule has 1 aliphatic carbocycles. The number of thioether (sulfide) groups is 1. The molecule has 0 heterocycles. The van der Waals surface area contributed by atoms with Gasteiger partial charge in [0, 0.05) is 17.5 Å². The number of amides is 1. The van der Waals surface area contributed by atoms with Crippen LogP contribution in [0.3, 0.4) is 0 Å². The molecule has 1 amide bonds. The number of hydrogen-bond acceptors (Lipinski definition) is 5. The molecule has 1 saturated carbocycles. The summed E-state index contributed by atoms with van der Waals surface area (Å²) in [6, 6.07) is -0.202. The van der Waals surface area contributed by atoms with Crippen LogP contribution in [0.25, 0.3) is 0 Å². The molecule has 0 saturated heterocycles. The Kier molecular flexibility index (Phi) is 8.57. The Hall–Kier alpha value is -0.200. The van der Waals surface area contributed by atoms with E-state index in [2.05, 4.69) is 17.9 Å². The van der Waals surface area contributed by atoms with Crippen LogP contribution < -0.4 is 11.1 Å². The summed E-state index contributed by atoms with van der Waals surface area (Å²) < 4.78 is 0. The number of Topliss-reactive ketones (excluding diaryl/α,β-unsaturated/α-hetero) is 1. The number of ketones is 1. The van der Waals surface area contributed by atoms with Crippen molar-refractivity contribution in [3.63, 3.8) is 0 Å². The lowest BCUT2D eigenvalue weighted by Crippen LogP contribution is -2.41. The number of primary amides is 1. The van der Waals surface area contributed by atoms with Crippen LogP contribution in [0.5, 0.6) is 0 Å². The first-order valence-electron chi connectivity index (χ1n) is 6.89. The third kappa shape index (κ3) is 6.68. The van der Waals surface area contributed by atoms with Crippen molar-refractivity contribution in [3.05, 3.63) is 0 Å². The molecule has 19 heavy (non-hydrogen) atoms. The maximum Gasteiger partial charge on any atom is 0.227 e. The second-order valence-electron chi connectivity index (χ2n) is 4.99. The van der Waals surface area contributed by atoms with Crippen LogP contribution in [0.1, 0.15) is 38.5 Å². The van der Waals surface area contributed by atoms with Crippen LogP contribution in [-0.2, 0) is 9.59 Å². The van der Waals surface area contributed by atoms with E-state index in [9.17, 15) is 9.59 Å². The van der Waals surface area contributed by atoms with Gasteiger partial charge in [-0.05, 0) is 12.8 Å². The van der Waals surface area contributed by atoms with Gasteiger partial charge in [0.25, 0.3) is 0 Å². The lowest BCUT2D eigenvalue weighted by molar-refractivity contribution is -0.124. The third-order valence-corrected chi connectivity index (χ3v) is 4.68. The van der Waals surface area contributed by atoms with Gasteiger partial charge >= 0.3 is 0 Å². The Morgan fingerprint density at radius 1 is 1.26 bits per heavy atom. The number of rotatable bonds is 8. The van der Waals surface area contributed by atoms with Crippen LogP contribution in [0.2, 0.25) is 0 Å². The second-order valence-corrected chi connectivity index (χ2v) is 6.34. The van der Waals surface area contributed by atoms with E-state index < -0.39 is 0 Å². The molecule has 0 spiro atoms. The molecule has 0 radical (unpaired) electrons. The molecular formula is C13H24N2O2S2. The summed E-state index contributed by atoms with van der Waals surface area (Å²) in [5.41, 5.74) is 5.07. The minimum atomic E-state index is -0.329. The number of nitrogens with two attached hydrogens (primary N) is 1. The smallest absolute Gasteiger partial charge is 0.227 e. The fourth-order valence-corrected chi connectivity index (χ4v) is 3.35. The van der Waals surface area contributed by atoms with Crippen LogP contribution in [0, 0.1) is 5.92 Å². The normalized spacial score (nSPS) is 18.8. The van der Waals surface area contributed by atoms with Gasteiger partial charge in [-0.2, -0.15) is 12.6 Å². The Morgan fingerprint density at radius 3 is 2.42 bits per heavy atom. The molecule has 0 unspecified atom stereocenters. The first kappa shape index (κ1) is 16.9. The fraction of sp³-hybridized carbons (Fsp3) is 0.846. The standard InChI is InChI=1S/C13H24N2O2S2/c14-12(16)8-19-9-15-11(7-18)13(17)10-5-3-1-2-4-6-10/h10-11,15,18H,1-9H2,(H2,14,16)/t11-/m0/s1. The summed E-state index contributed by atoms with van der Waals surface area (Å²) in [7, 11) is 0. The van der Waals surface area contributed by atoms with Crippen molar-refractivity contribution in [1.29, 1.82) is 0 Å². The summed E-state index contributed by atoms with van der Waals surface area (Å²) in [4.78, 5) is 23.0. The molecule has 110 valence electrons. The van der Waals surface area contributed by atoms with E-state index >= 15 is 0 Å². The molecule has 0 bridgehead atoms. The first-order chi connectivity index (χ1) is 9.15. The van der Waals surface area contributed by atoms with Gasteiger partial charge in [-0.3, -0.25) is 14.9 Å². The Balaban J connectivity index is 2.35. The lowest BCUT2D eigenvalue weighted by Gasteiger charge is -2.21. The summed E-state index contributed by atoms with van der Waals surface area (Å²) in [6.07, 6.45) is 6.84. The molecule has 0 aromatic carbocycles. The van der Waals surface area contributed by atoms with Crippen molar-refractivity contribution in [2.45, 2.75) is 44.6 Å². The summed E-state index contributed by atoms with van der Waals surface area (Å²) in [5, 5.41) is 3.17. The Labute approximate surface area is 125 Å². The van der Waals surface area contributed by atoms with Gasteiger partial charge in [-0.15, -0.1) is 11.8 Å². The van der Waals surface area contributed by atoms with E-state index in [1.165, 1.54) is 24.6 Å². The van der Waals surface area contributed by atoms with Crippen molar-refractivity contribution in [3.8, 4) is 0 Å². The average molecular weight is 304 g/mol. The van der Waals surface area contributed by atoms with E-state index in [1.54, 1.807) is 0 Å². The maximum absolute atomic E-state index is 12.4. The molecule has 1 atom stereocenters. The number of hydrogen-bond donors (Lipinski definition) is 3. The van der Waals surface area contributed by atoms with E-state index in [0.717, 1.165) is 25.7 Å². The summed E-state index contributed by atoms with van der Waals surface area (Å²) >= 11 is 5.66. The largest absolute Gasteiger partial charge is 0.369 e. The number of carbonyl (C=O) groups is 2. The van der Waals surface area contributed by atoms with Crippen LogP contribution in [-0.4, -0.2) is 35.1 Å². The minimum Gasteiger partial charge on any atom is -0.369 e. The average Bonchev–Trinajstić information content (AvgIpc) is 2.66. The topological polar surface area (TPSA) is 72.2 Å². The predicted molar refractivity (Wildman–Crippen MR) is 83.5 cm³/mol. The zero-order chi connectivity index (χ0) is 14.1. The number of thiol groups is 1. The van der Waals surface area contributed by atoms with Crippen molar-refractivity contribution in [2.75, 3.05) is 17.4 Å². The molecule has 3 N–H and O–H groups in total. The van der Waals surface area contributed by atoms with Gasteiger partial charge in [0.2, 0.25) is 5.91 Å². The SMILES string of the molecule is NC(=O)CSCN[C@@H](CS)C(=O)C1CCCCCC1. The quantitative estimate of drug-likeness (QED) is 0.276. The predicted octanol–water partition coefficient (Wildman–Crippen LogP) is 1.59. The van der Waals surface area contributed by atoms with E-state index in [1.807, 2.05) is 0 Å². The van der Waals surface area contributed by atoms with E-state index in [-0.39, 0.29) is 29.4 Å². The number of nitrogens with one attached hydrogen (secondary N) is 1. The van der Waals surface area contributed by atoms with Gasteiger partial charge in [0.05, 0.1) is 11.8 Å². The monoisotopic (exact) mass is 304 g/mol. The first-order valence-corrected chi connectivity index (χ1v) is 8.68. The van der Waals surface area contributed by atoms with E-state index in [4.69, 9.17) is 5.73 Å². The molecule has 1 aliphatic rings. The number of carbonyl (C=O) groups excluding carboxylic acids is 2. The van der Waals surface area contributed by atoms with Gasteiger partial charge in [-0.25, -0.2) is 0 Å². The van der Waals surface area contributed by atoms with Crippen LogP contribution in [0.15, 0.2) is 0 Å². The highest BCUT2D eigenvalue weighted by Crippen LogP contribution is 2.24. The van der Waals surface area contributed by atoms with Gasteiger partial charge < -0.3 is 5.73 Å².